The molecule has 2 atom stereocenters. The first-order valence-electron chi connectivity index (χ1n) is 17.7. The van der Waals surface area contributed by atoms with Crippen LogP contribution in [0.3, 0.4) is 0 Å². The Labute approximate surface area is 277 Å². The Kier molecular flexibility index (Phi) is 17.5. The Hall–Kier alpha value is -1.59. The molecule has 0 saturated carbocycles. The van der Waals surface area contributed by atoms with Gasteiger partial charge in [0.25, 0.3) is 0 Å². The van der Waals surface area contributed by atoms with Gasteiger partial charge in [-0.2, -0.15) is 0 Å². The number of aromatic nitrogens is 2. The molecule has 0 saturated heterocycles. The normalized spacial score (nSPS) is 13.9. The molecule has 4 nitrogen and oxygen atoms in total. The summed E-state index contributed by atoms with van der Waals surface area (Å²) in [6.07, 6.45) is 12.8. The number of hydrogen-bond acceptors (Lipinski definition) is 4. The van der Waals surface area contributed by atoms with E-state index in [0.29, 0.717) is 6.42 Å². The second-order valence-corrected chi connectivity index (χ2v) is 33.0. The average molecular weight is 679 g/mol. The minimum Gasteiger partial charge on any atom is -0.494 e. The maximum atomic E-state index is 13.8. The fourth-order valence-electron chi connectivity index (χ4n) is 7.01. The summed E-state index contributed by atoms with van der Waals surface area (Å²) in [5, 5.41) is 0. The van der Waals surface area contributed by atoms with Crippen molar-refractivity contribution in [2.75, 3.05) is 13.2 Å². The largest absolute Gasteiger partial charge is 0.494 e. The van der Waals surface area contributed by atoms with Gasteiger partial charge in [0.15, 0.2) is 6.17 Å². The van der Waals surface area contributed by atoms with Crippen LogP contribution in [0.25, 0.3) is 11.1 Å². The highest BCUT2D eigenvalue weighted by Gasteiger charge is 2.34. The molecule has 1 heterocycles. The molecule has 0 unspecified atom stereocenters. The Morgan fingerprint density at radius 1 is 0.644 bits per heavy atom. The van der Waals surface area contributed by atoms with Crippen molar-refractivity contribution in [2.24, 2.45) is 0 Å². The molecule has 9 heteroatoms. The van der Waals surface area contributed by atoms with Gasteiger partial charge in [0.1, 0.15) is 18.5 Å². The zero-order valence-electron chi connectivity index (χ0n) is 29.9. The summed E-state index contributed by atoms with van der Waals surface area (Å²) in [4.78, 5) is 8.28. The lowest BCUT2D eigenvalue weighted by atomic mass is 10.1. The Balaban J connectivity index is 1.52. The van der Waals surface area contributed by atoms with E-state index in [1.165, 1.54) is 57.4 Å². The summed E-state index contributed by atoms with van der Waals surface area (Å²) < 4.78 is 38.6. The molecule has 1 aromatic heterocycles. The highest BCUT2D eigenvalue weighted by molar-refractivity contribution is 7.02. The first kappa shape index (κ1) is 39.6. The van der Waals surface area contributed by atoms with Crippen LogP contribution in [0.15, 0.2) is 36.7 Å². The molecule has 0 aliphatic heterocycles. The van der Waals surface area contributed by atoms with E-state index in [-0.39, 0.29) is 19.0 Å². The minimum absolute atomic E-state index is 0.0507. The van der Waals surface area contributed by atoms with Crippen molar-refractivity contribution in [3.63, 3.8) is 0 Å². The van der Waals surface area contributed by atoms with Crippen LogP contribution in [0.5, 0.6) is 11.8 Å². The summed E-state index contributed by atoms with van der Waals surface area (Å²) in [5.41, 5.74) is 4.99. The number of ether oxygens (including phenoxy) is 2. The predicted octanol–water partition coefficient (Wildman–Crippen LogP) is 11.7. The van der Waals surface area contributed by atoms with E-state index in [1.807, 2.05) is 31.2 Å². The Morgan fingerprint density at radius 3 is 1.76 bits per heavy atom. The molecule has 0 fully saturated rings. The molecule has 0 bridgehead atoms. The highest BCUT2D eigenvalue weighted by atomic mass is 28.4. The third-order valence-corrected chi connectivity index (χ3v) is 25.8. The van der Waals surface area contributed by atoms with E-state index in [0.717, 1.165) is 29.9 Å². The van der Waals surface area contributed by atoms with Gasteiger partial charge < -0.3 is 9.47 Å². The van der Waals surface area contributed by atoms with Crippen LogP contribution in [-0.2, 0) is 0 Å². The quantitative estimate of drug-likeness (QED) is 0.0819. The maximum absolute atomic E-state index is 13.8. The lowest BCUT2D eigenvalue weighted by Gasteiger charge is -2.36. The molecular formula is C36H64F2N2O2Si3. The van der Waals surface area contributed by atoms with Gasteiger partial charge in [-0.15, -0.1) is 0 Å². The number of unbranched alkanes of at least 4 members (excludes halogenated alkanes) is 8. The molecule has 256 valence electrons. The highest BCUT2D eigenvalue weighted by Crippen LogP contribution is 2.31. The second-order valence-electron chi connectivity index (χ2n) is 15.9. The van der Waals surface area contributed by atoms with Crippen LogP contribution in [0.1, 0.15) is 77.6 Å². The van der Waals surface area contributed by atoms with E-state index < -0.39 is 36.6 Å². The van der Waals surface area contributed by atoms with Gasteiger partial charge in [0, 0.05) is 42.2 Å². The summed E-state index contributed by atoms with van der Waals surface area (Å²) in [7, 11) is -3.01. The molecular weight excluding hydrogens is 615 g/mol. The first-order valence-corrected chi connectivity index (χ1v) is 28.2. The lowest BCUT2D eigenvalue weighted by Crippen LogP contribution is -2.44. The minimum atomic E-state index is -1.67. The molecule has 1 aromatic carbocycles. The molecule has 2 rings (SSSR count). The number of rotatable bonds is 24. The molecule has 45 heavy (non-hydrogen) atoms. The maximum Gasteiger partial charge on any atom is 0.316 e. The number of nitrogens with zero attached hydrogens (tertiary/aromatic N) is 2. The summed E-state index contributed by atoms with van der Waals surface area (Å²) in [5.74, 6) is 0.856. The Bertz CT molecular complexity index is 1060. The SMILES string of the molecule is CCC[C@H](F)[C@@H](F)COc1ncc(-c2ccc(OCCCCCCCCCCC[Si](C)(C)C[Si](C)(C)C[Si](C)(C)C)cc2)cn1. The van der Waals surface area contributed by atoms with Crippen LogP contribution in [0.2, 0.25) is 63.2 Å². The number of alkyl halides is 2. The number of benzene rings is 1. The molecule has 0 N–H and O–H groups in total. The predicted molar refractivity (Wildman–Crippen MR) is 197 cm³/mol. The fraction of sp³-hybridized carbons (Fsp3) is 0.722. The molecule has 0 spiro atoms. The van der Waals surface area contributed by atoms with Crippen molar-refractivity contribution in [2.45, 2.75) is 153 Å². The molecule has 0 amide bonds. The van der Waals surface area contributed by atoms with Gasteiger partial charge in [-0.05, 0) is 30.5 Å². The van der Waals surface area contributed by atoms with Crippen molar-refractivity contribution < 1.29 is 18.3 Å². The van der Waals surface area contributed by atoms with Crippen LogP contribution in [-0.4, -0.2) is 59.7 Å². The molecule has 0 radical (unpaired) electrons. The van der Waals surface area contributed by atoms with Gasteiger partial charge >= 0.3 is 6.01 Å². The van der Waals surface area contributed by atoms with Crippen molar-refractivity contribution in [1.29, 1.82) is 0 Å². The summed E-state index contributed by atoms with van der Waals surface area (Å²) in [6, 6.07) is 9.45. The van der Waals surface area contributed by atoms with Gasteiger partial charge in [0.2, 0.25) is 0 Å². The summed E-state index contributed by atoms with van der Waals surface area (Å²) in [6.45, 7) is 20.5. The molecule has 2 aromatic rings. The third kappa shape index (κ3) is 17.8. The zero-order chi connectivity index (χ0) is 33.3. The van der Waals surface area contributed by atoms with Crippen LogP contribution >= 0.6 is 0 Å². The van der Waals surface area contributed by atoms with Gasteiger partial charge in [0.05, 0.1) is 6.61 Å². The van der Waals surface area contributed by atoms with Crippen LogP contribution in [0.4, 0.5) is 8.78 Å². The molecule has 0 aliphatic carbocycles. The van der Waals surface area contributed by atoms with Crippen molar-refractivity contribution >= 4 is 24.2 Å². The number of halogens is 2. The van der Waals surface area contributed by atoms with E-state index in [1.54, 1.807) is 23.7 Å². The van der Waals surface area contributed by atoms with Gasteiger partial charge in [-0.3, -0.25) is 0 Å². The monoisotopic (exact) mass is 678 g/mol. The van der Waals surface area contributed by atoms with Gasteiger partial charge in [-0.1, -0.05) is 140 Å². The van der Waals surface area contributed by atoms with Crippen molar-refractivity contribution in [3.05, 3.63) is 36.7 Å². The zero-order valence-corrected chi connectivity index (χ0v) is 32.9. The van der Waals surface area contributed by atoms with E-state index in [4.69, 9.17) is 9.47 Å². The smallest absolute Gasteiger partial charge is 0.316 e. The fourth-order valence-corrected chi connectivity index (χ4v) is 32.4. The van der Waals surface area contributed by atoms with E-state index in [9.17, 15) is 8.78 Å². The Morgan fingerprint density at radius 2 is 1.20 bits per heavy atom. The second kappa shape index (κ2) is 19.9. The van der Waals surface area contributed by atoms with Gasteiger partial charge in [-0.25, -0.2) is 18.7 Å². The lowest BCUT2D eigenvalue weighted by molar-refractivity contribution is 0.0983. The van der Waals surface area contributed by atoms with Crippen molar-refractivity contribution in [1.82, 2.24) is 9.97 Å². The first-order chi connectivity index (χ1) is 21.2. The average Bonchev–Trinajstić information content (AvgIpc) is 2.95. The summed E-state index contributed by atoms with van der Waals surface area (Å²) >= 11 is 0. The number of hydrogen-bond donors (Lipinski definition) is 0. The standard InChI is InChI=1S/C36H64F2N2O2Si3/c1-9-19-34(37)35(38)28-42-36-39-26-32(27-40-36)31-20-22-33(23-21-31)41-24-17-15-13-11-10-12-14-16-18-25-44(5,6)30-45(7,8)29-43(2,3)4/h20-23,26-27,34-35H,9-19,24-25,28-30H2,1-8H3/t34-,35-/m0/s1. The van der Waals surface area contributed by atoms with Crippen LogP contribution < -0.4 is 9.47 Å². The van der Waals surface area contributed by atoms with E-state index in [2.05, 4.69) is 55.8 Å². The topological polar surface area (TPSA) is 44.2 Å². The van der Waals surface area contributed by atoms with Crippen molar-refractivity contribution in [3.8, 4) is 22.9 Å². The van der Waals surface area contributed by atoms with E-state index >= 15 is 0 Å². The molecule has 0 aliphatic rings. The van der Waals surface area contributed by atoms with Crippen LogP contribution in [0, 0.1) is 0 Å². The third-order valence-electron chi connectivity index (χ3n) is 8.38.